The number of hydrogen-bond acceptors (Lipinski definition) is 3. The second-order valence-corrected chi connectivity index (χ2v) is 10.4. The highest BCUT2D eigenvalue weighted by molar-refractivity contribution is 5.84. The third-order valence-electron chi connectivity index (χ3n) is 7.81. The number of carbonyl (C=O) groups excluding carboxylic acids is 2. The normalized spacial score (nSPS) is 40.5. The van der Waals surface area contributed by atoms with Gasteiger partial charge in [0.1, 0.15) is 0 Å². The molecule has 5 nitrogen and oxygen atoms in total. The maximum absolute atomic E-state index is 12.9. The van der Waals surface area contributed by atoms with Crippen molar-refractivity contribution in [2.45, 2.75) is 71.3 Å². The molecule has 5 aliphatic rings. The molecule has 1 unspecified atom stereocenters. The molecule has 0 aromatic heterocycles. The molecule has 3 N–H and O–H groups in total. The first-order chi connectivity index (χ1) is 12.3. The first-order valence-electron chi connectivity index (χ1n) is 10.6. The molecule has 5 rings (SSSR count). The van der Waals surface area contributed by atoms with Crippen LogP contribution in [0.2, 0.25) is 0 Å². The maximum atomic E-state index is 12.9. The van der Waals surface area contributed by atoms with Gasteiger partial charge in [0.05, 0.1) is 0 Å². The molecule has 0 spiro atoms. The third kappa shape index (κ3) is 3.28. The molecule has 146 valence electrons. The number of likely N-dealkylation sites (tertiary alicyclic amines) is 1. The van der Waals surface area contributed by atoms with Gasteiger partial charge >= 0.3 is 0 Å². The number of hydrogen-bond donors (Lipinski definition) is 2. The van der Waals surface area contributed by atoms with Crippen LogP contribution < -0.4 is 11.1 Å². The molecule has 0 aromatic carbocycles. The van der Waals surface area contributed by atoms with Gasteiger partial charge in [-0.3, -0.25) is 9.59 Å². The van der Waals surface area contributed by atoms with Gasteiger partial charge in [0.25, 0.3) is 0 Å². The minimum Gasteiger partial charge on any atom is -0.355 e. The Kier molecular flexibility index (Phi) is 4.57. The number of nitrogens with one attached hydrogen (secondary N) is 1. The first kappa shape index (κ1) is 18.3. The lowest BCUT2D eigenvalue weighted by Crippen LogP contribution is -2.55. The van der Waals surface area contributed by atoms with Crippen LogP contribution in [0.25, 0.3) is 0 Å². The Morgan fingerprint density at radius 2 is 1.65 bits per heavy atom. The Bertz CT molecular complexity index is 551. The van der Waals surface area contributed by atoms with Gasteiger partial charge in [-0.1, -0.05) is 13.8 Å². The summed E-state index contributed by atoms with van der Waals surface area (Å²) in [6.45, 7) is 6.20. The van der Waals surface area contributed by atoms with Crippen molar-refractivity contribution in [1.29, 1.82) is 0 Å². The molecule has 1 aliphatic heterocycles. The second-order valence-electron chi connectivity index (χ2n) is 10.4. The summed E-state index contributed by atoms with van der Waals surface area (Å²) in [6.07, 6.45) is 8.54. The van der Waals surface area contributed by atoms with Crippen molar-refractivity contribution in [1.82, 2.24) is 10.2 Å². The largest absolute Gasteiger partial charge is 0.355 e. The number of piperidine rings is 1. The number of nitrogens with two attached hydrogens (primary N) is 1. The van der Waals surface area contributed by atoms with E-state index in [9.17, 15) is 9.59 Å². The SMILES string of the molecule is CC1(C)CN(C(=O)CCNC(=O)C23CC4CC(CC(C4)C2)C3)CCC1N. The summed E-state index contributed by atoms with van der Waals surface area (Å²) in [6, 6.07) is 0.155. The van der Waals surface area contributed by atoms with E-state index in [4.69, 9.17) is 5.73 Å². The van der Waals surface area contributed by atoms with E-state index >= 15 is 0 Å². The van der Waals surface area contributed by atoms with E-state index in [-0.39, 0.29) is 28.7 Å². The Morgan fingerprint density at radius 1 is 1.08 bits per heavy atom. The Morgan fingerprint density at radius 3 is 2.19 bits per heavy atom. The minimum absolute atomic E-state index is 0.0314. The zero-order valence-electron chi connectivity index (χ0n) is 16.4. The van der Waals surface area contributed by atoms with Crippen LogP contribution in [0.5, 0.6) is 0 Å². The van der Waals surface area contributed by atoms with Crippen molar-refractivity contribution in [3.05, 3.63) is 0 Å². The van der Waals surface area contributed by atoms with Crippen LogP contribution in [0.15, 0.2) is 0 Å². The first-order valence-corrected chi connectivity index (χ1v) is 10.6. The molecule has 0 radical (unpaired) electrons. The molecule has 1 heterocycles. The van der Waals surface area contributed by atoms with E-state index in [1.165, 1.54) is 19.3 Å². The van der Waals surface area contributed by atoms with Crippen molar-refractivity contribution in [3.8, 4) is 0 Å². The molecule has 4 bridgehead atoms. The second kappa shape index (κ2) is 6.50. The lowest BCUT2D eigenvalue weighted by molar-refractivity contribution is -0.146. The monoisotopic (exact) mass is 361 g/mol. The summed E-state index contributed by atoms with van der Waals surface area (Å²) < 4.78 is 0. The van der Waals surface area contributed by atoms with Crippen LogP contribution in [0.3, 0.4) is 0 Å². The zero-order chi connectivity index (χ0) is 18.5. The molecule has 5 fully saturated rings. The predicted molar refractivity (Wildman–Crippen MR) is 101 cm³/mol. The van der Waals surface area contributed by atoms with Gasteiger partial charge in [-0.2, -0.15) is 0 Å². The molecular formula is C21H35N3O2. The Balaban J connectivity index is 1.27. The summed E-state index contributed by atoms with van der Waals surface area (Å²) in [5, 5.41) is 3.13. The Hall–Kier alpha value is -1.10. The highest BCUT2D eigenvalue weighted by Crippen LogP contribution is 2.60. The van der Waals surface area contributed by atoms with E-state index in [0.717, 1.165) is 56.5 Å². The third-order valence-corrected chi connectivity index (χ3v) is 7.81. The van der Waals surface area contributed by atoms with Crippen molar-refractivity contribution in [2.24, 2.45) is 34.3 Å². The van der Waals surface area contributed by atoms with Gasteiger partial charge < -0.3 is 16.0 Å². The summed E-state index contributed by atoms with van der Waals surface area (Å²) in [5.74, 6) is 2.69. The fourth-order valence-electron chi connectivity index (χ4n) is 6.60. The van der Waals surface area contributed by atoms with Crippen molar-refractivity contribution in [3.63, 3.8) is 0 Å². The van der Waals surface area contributed by atoms with Crippen molar-refractivity contribution < 1.29 is 9.59 Å². The van der Waals surface area contributed by atoms with Gasteiger partial charge in [0, 0.05) is 37.5 Å². The van der Waals surface area contributed by atoms with E-state index in [0.29, 0.717) is 13.0 Å². The summed E-state index contributed by atoms with van der Waals surface area (Å²) in [7, 11) is 0. The molecule has 26 heavy (non-hydrogen) atoms. The van der Waals surface area contributed by atoms with Crippen LogP contribution in [0.1, 0.15) is 65.2 Å². The lowest BCUT2D eigenvalue weighted by Gasteiger charge is -2.55. The summed E-state index contributed by atoms with van der Waals surface area (Å²) in [4.78, 5) is 27.4. The number of amides is 2. The van der Waals surface area contributed by atoms with Gasteiger partial charge in [0.2, 0.25) is 11.8 Å². The van der Waals surface area contributed by atoms with Crippen LogP contribution in [0, 0.1) is 28.6 Å². The molecule has 2 amide bonds. The maximum Gasteiger partial charge on any atom is 0.226 e. The van der Waals surface area contributed by atoms with Crippen LogP contribution >= 0.6 is 0 Å². The molecular weight excluding hydrogens is 326 g/mol. The van der Waals surface area contributed by atoms with E-state index < -0.39 is 0 Å². The molecule has 1 atom stereocenters. The van der Waals surface area contributed by atoms with Crippen LogP contribution in [0.4, 0.5) is 0 Å². The fraction of sp³-hybridized carbons (Fsp3) is 0.905. The molecule has 4 aliphatic carbocycles. The Labute approximate surface area is 157 Å². The fourth-order valence-corrected chi connectivity index (χ4v) is 6.60. The highest BCUT2D eigenvalue weighted by atomic mass is 16.2. The highest BCUT2D eigenvalue weighted by Gasteiger charge is 2.54. The van der Waals surface area contributed by atoms with Crippen LogP contribution in [-0.4, -0.2) is 42.4 Å². The average Bonchev–Trinajstić information content (AvgIpc) is 2.55. The molecule has 1 saturated heterocycles. The van der Waals surface area contributed by atoms with E-state index in [1.54, 1.807) is 0 Å². The molecule has 4 saturated carbocycles. The average molecular weight is 362 g/mol. The van der Waals surface area contributed by atoms with Gasteiger partial charge in [-0.15, -0.1) is 0 Å². The van der Waals surface area contributed by atoms with E-state index in [2.05, 4.69) is 19.2 Å². The van der Waals surface area contributed by atoms with Crippen molar-refractivity contribution in [2.75, 3.05) is 19.6 Å². The zero-order valence-corrected chi connectivity index (χ0v) is 16.4. The summed E-state index contributed by atoms with van der Waals surface area (Å²) in [5.41, 5.74) is 6.02. The lowest BCUT2D eigenvalue weighted by atomic mass is 9.49. The van der Waals surface area contributed by atoms with Crippen molar-refractivity contribution >= 4 is 11.8 Å². The van der Waals surface area contributed by atoms with Gasteiger partial charge in [-0.05, 0) is 68.1 Å². The standard InChI is InChI=1S/C21H35N3O2/c1-20(2)13-24(6-4-17(20)22)18(25)3-5-23-19(26)21-10-14-7-15(11-21)9-16(8-14)12-21/h14-17H,3-13,22H2,1-2H3,(H,23,26). The topological polar surface area (TPSA) is 75.4 Å². The van der Waals surface area contributed by atoms with Crippen LogP contribution in [-0.2, 0) is 9.59 Å². The predicted octanol–water partition coefficient (Wildman–Crippen LogP) is 2.29. The summed E-state index contributed by atoms with van der Waals surface area (Å²) >= 11 is 0. The van der Waals surface area contributed by atoms with E-state index in [1.807, 2.05) is 4.90 Å². The smallest absolute Gasteiger partial charge is 0.226 e. The quantitative estimate of drug-likeness (QED) is 0.807. The van der Waals surface area contributed by atoms with Gasteiger partial charge in [0.15, 0.2) is 0 Å². The number of carbonyl (C=O) groups is 2. The number of nitrogens with zero attached hydrogens (tertiary/aromatic N) is 1. The molecule has 5 heteroatoms. The number of rotatable bonds is 4. The van der Waals surface area contributed by atoms with Gasteiger partial charge in [-0.25, -0.2) is 0 Å². The molecule has 0 aromatic rings. The minimum atomic E-state index is -0.113.